The first kappa shape index (κ1) is 15.8. The zero-order valence-electron chi connectivity index (χ0n) is 13.2. The van der Waals surface area contributed by atoms with Gasteiger partial charge in [-0.1, -0.05) is 23.7 Å². The van der Waals surface area contributed by atoms with Crippen LogP contribution in [0.5, 0.6) is 0 Å². The van der Waals surface area contributed by atoms with Crippen LogP contribution in [0, 0.1) is 5.82 Å². The van der Waals surface area contributed by atoms with Crippen molar-refractivity contribution in [3.05, 3.63) is 74.8 Å². The fourth-order valence-electron chi connectivity index (χ4n) is 3.29. The molecule has 1 amide bonds. The minimum absolute atomic E-state index is 0.0620. The van der Waals surface area contributed by atoms with Crippen molar-refractivity contribution in [1.82, 2.24) is 4.57 Å². The number of carbonyl (C=O) groups excluding carboxylic acids is 1. The van der Waals surface area contributed by atoms with E-state index in [1.807, 2.05) is 16.7 Å². The second kappa shape index (κ2) is 6.01. The number of nitrogens with zero attached hydrogens (tertiary/aromatic N) is 1. The van der Waals surface area contributed by atoms with Crippen molar-refractivity contribution >= 4 is 34.1 Å². The van der Waals surface area contributed by atoms with Gasteiger partial charge < -0.3 is 9.88 Å². The SMILES string of the molecule is O=C(Nc1ccc(F)c(Cl)c1)c1cn2c3c(cccc3c1=O)CCC2. The number of hydrogen-bond acceptors (Lipinski definition) is 2. The van der Waals surface area contributed by atoms with E-state index < -0.39 is 11.7 Å². The highest BCUT2D eigenvalue weighted by molar-refractivity contribution is 6.31. The Labute approximate surface area is 147 Å². The third-order valence-electron chi connectivity index (χ3n) is 4.45. The van der Waals surface area contributed by atoms with E-state index in [-0.39, 0.29) is 16.0 Å². The first-order valence-electron chi connectivity index (χ1n) is 7.96. The summed E-state index contributed by atoms with van der Waals surface area (Å²) in [6, 6.07) is 9.49. The highest BCUT2D eigenvalue weighted by Gasteiger charge is 2.19. The van der Waals surface area contributed by atoms with Crippen LogP contribution in [0.25, 0.3) is 10.9 Å². The van der Waals surface area contributed by atoms with E-state index >= 15 is 0 Å². The molecule has 2 heterocycles. The monoisotopic (exact) mass is 356 g/mol. The molecule has 0 saturated heterocycles. The summed E-state index contributed by atoms with van der Waals surface area (Å²) >= 11 is 5.73. The third-order valence-corrected chi connectivity index (χ3v) is 4.74. The van der Waals surface area contributed by atoms with Crippen molar-refractivity contribution in [2.45, 2.75) is 19.4 Å². The van der Waals surface area contributed by atoms with Gasteiger partial charge in [0, 0.05) is 23.8 Å². The highest BCUT2D eigenvalue weighted by atomic mass is 35.5. The number of rotatable bonds is 2. The van der Waals surface area contributed by atoms with E-state index in [9.17, 15) is 14.0 Å². The molecule has 0 atom stereocenters. The maximum absolute atomic E-state index is 13.2. The molecule has 1 N–H and O–H groups in total. The minimum atomic E-state index is -0.567. The molecule has 4 rings (SSSR count). The number of halogens is 2. The molecule has 126 valence electrons. The molecule has 1 aliphatic rings. The van der Waals surface area contributed by atoms with Gasteiger partial charge in [-0.05, 0) is 42.7 Å². The lowest BCUT2D eigenvalue weighted by Crippen LogP contribution is -2.25. The molecule has 3 aromatic rings. The summed E-state index contributed by atoms with van der Waals surface area (Å²) in [6.45, 7) is 0.760. The summed E-state index contributed by atoms with van der Waals surface area (Å²) < 4.78 is 15.2. The largest absolute Gasteiger partial charge is 0.346 e. The molecule has 1 aromatic heterocycles. The number of carbonyl (C=O) groups is 1. The van der Waals surface area contributed by atoms with Gasteiger partial charge in [-0.25, -0.2) is 4.39 Å². The van der Waals surface area contributed by atoms with Crippen LogP contribution < -0.4 is 10.7 Å². The molecule has 0 unspecified atom stereocenters. The number of pyridine rings is 1. The fourth-order valence-corrected chi connectivity index (χ4v) is 3.47. The van der Waals surface area contributed by atoms with Crippen LogP contribution in [0.3, 0.4) is 0 Å². The average Bonchev–Trinajstić information content (AvgIpc) is 2.61. The Balaban J connectivity index is 1.79. The maximum Gasteiger partial charge on any atom is 0.261 e. The molecular formula is C19H14ClFN2O2. The number of aryl methyl sites for hydroxylation is 2. The van der Waals surface area contributed by atoms with Crippen LogP contribution in [0.4, 0.5) is 10.1 Å². The lowest BCUT2D eigenvalue weighted by atomic mass is 10.00. The summed E-state index contributed by atoms with van der Waals surface area (Å²) in [7, 11) is 0. The van der Waals surface area contributed by atoms with E-state index in [0.717, 1.165) is 30.5 Å². The van der Waals surface area contributed by atoms with E-state index in [1.54, 1.807) is 12.3 Å². The summed E-state index contributed by atoms with van der Waals surface area (Å²) in [5.74, 6) is -1.10. The van der Waals surface area contributed by atoms with Gasteiger partial charge in [0.05, 0.1) is 10.5 Å². The fraction of sp³-hybridized carbons (Fsp3) is 0.158. The number of aromatic nitrogens is 1. The van der Waals surface area contributed by atoms with Crippen LogP contribution in [-0.4, -0.2) is 10.5 Å². The van der Waals surface area contributed by atoms with Crippen molar-refractivity contribution in [1.29, 1.82) is 0 Å². The quantitative estimate of drug-likeness (QED) is 0.754. The third kappa shape index (κ3) is 2.70. The van der Waals surface area contributed by atoms with Gasteiger partial charge in [0.15, 0.2) is 0 Å². The zero-order valence-corrected chi connectivity index (χ0v) is 13.9. The number of para-hydroxylation sites is 1. The van der Waals surface area contributed by atoms with E-state index in [0.29, 0.717) is 11.1 Å². The molecule has 6 heteroatoms. The van der Waals surface area contributed by atoms with Crippen molar-refractivity contribution in [2.75, 3.05) is 5.32 Å². The molecule has 2 aromatic carbocycles. The molecule has 4 nitrogen and oxygen atoms in total. The number of hydrogen-bond donors (Lipinski definition) is 1. The van der Waals surface area contributed by atoms with Crippen LogP contribution in [0.2, 0.25) is 5.02 Å². The lowest BCUT2D eigenvalue weighted by molar-refractivity contribution is 0.102. The molecular weight excluding hydrogens is 343 g/mol. The molecule has 25 heavy (non-hydrogen) atoms. The van der Waals surface area contributed by atoms with Gasteiger partial charge in [0.25, 0.3) is 5.91 Å². The van der Waals surface area contributed by atoms with E-state index in [1.165, 1.54) is 18.2 Å². The second-order valence-electron chi connectivity index (χ2n) is 6.07. The van der Waals surface area contributed by atoms with Crippen molar-refractivity contribution in [3.8, 4) is 0 Å². The number of nitrogens with one attached hydrogen (secondary N) is 1. The Bertz CT molecular complexity index is 1070. The Hall–Kier alpha value is -2.66. The Morgan fingerprint density at radius 3 is 2.88 bits per heavy atom. The molecule has 0 bridgehead atoms. The van der Waals surface area contributed by atoms with Crippen molar-refractivity contribution in [2.24, 2.45) is 0 Å². The average molecular weight is 357 g/mol. The van der Waals surface area contributed by atoms with E-state index in [4.69, 9.17) is 11.6 Å². The smallest absolute Gasteiger partial charge is 0.261 e. The van der Waals surface area contributed by atoms with Crippen molar-refractivity contribution < 1.29 is 9.18 Å². The standard InChI is InChI=1S/C19H14ClFN2O2/c20-15-9-12(6-7-16(15)21)22-19(25)14-10-23-8-2-4-11-3-1-5-13(17(11)23)18(14)24/h1,3,5-7,9-10H,2,4,8H2,(H,22,25). The lowest BCUT2D eigenvalue weighted by Gasteiger charge is -2.20. The van der Waals surface area contributed by atoms with Gasteiger partial charge >= 0.3 is 0 Å². The molecule has 0 aliphatic carbocycles. The summed E-state index contributed by atoms with van der Waals surface area (Å²) in [5, 5.41) is 3.07. The van der Waals surface area contributed by atoms with Crippen LogP contribution >= 0.6 is 11.6 Å². The first-order valence-corrected chi connectivity index (χ1v) is 8.34. The van der Waals surface area contributed by atoms with Gasteiger partial charge in [0.1, 0.15) is 11.4 Å². The second-order valence-corrected chi connectivity index (χ2v) is 6.47. The van der Waals surface area contributed by atoms with Gasteiger partial charge in [-0.2, -0.15) is 0 Å². The minimum Gasteiger partial charge on any atom is -0.346 e. The normalized spacial score (nSPS) is 13.0. The first-order chi connectivity index (χ1) is 12.0. The van der Waals surface area contributed by atoms with Gasteiger partial charge in [0.2, 0.25) is 5.43 Å². The number of anilines is 1. The molecule has 0 fully saturated rings. The van der Waals surface area contributed by atoms with Crippen LogP contribution in [0.15, 0.2) is 47.4 Å². The molecule has 0 saturated carbocycles. The van der Waals surface area contributed by atoms with E-state index in [2.05, 4.69) is 5.32 Å². The van der Waals surface area contributed by atoms with Crippen molar-refractivity contribution in [3.63, 3.8) is 0 Å². The zero-order chi connectivity index (χ0) is 17.6. The Kier molecular flexibility index (Phi) is 3.81. The van der Waals surface area contributed by atoms with Crippen LogP contribution in [-0.2, 0) is 13.0 Å². The summed E-state index contributed by atoms with van der Waals surface area (Å²) in [6.07, 6.45) is 3.49. The molecule has 1 aliphatic heterocycles. The number of benzene rings is 2. The Morgan fingerprint density at radius 2 is 2.08 bits per heavy atom. The predicted molar refractivity (Wildman–Crippen MR) is 95.9 cm³/mol. The van der Waals surface area contributed by atoms with Gasteiger partial charge in [-0.3, -0.25) is 9.59 Å². The van der Waals surface area contributed by atoms with Gasteiger partial charge in [-0.15, -0.1) is 0 Å². The molecule has 0 radical (unpaired) electrons. The number of amides is 1. The molecule has 0 spiro atoms. The summed E-state index contributed by atoms with van der Waals surface area (Å²) in [4.78, 5) is 25.4. The summed E-state index contributed by atoms with van der Waals surface area (Å²) in [5.41, 5.74) is 2.12. The Morgan fingerprint density at radius 1 is 1.24 bits per heavy atom. The maximum atomic E-state index is 13.2. The predicted octanol–water partition coefficient (Wildman–Crippen LogP) is 3.99. The highest BCUT2D eigenvalue weighted by Crippen LogP contribution is 2.24. The topological polar surface area (TPSA) is 51.1 Å². The van der Waals surface area contributed by atoms with Crippen LogP contribution in [0.1, 0.15) is 22.3 Å².